The summed E-state index contributed by atoms with van der Waals surface area (Å²) in [6.07, 6.45) is 0. The summed E-state index contributed by atoms with van der Waals surface area (Å²) in [5.41, 5.74) is 1.30. The van der Waals surface area contributed by atoms with Crippen LogP contribution < -0.4 is 10.1 Å². The van der Waals surface area contributed by atoms with Crippen LogP contribution in [0, 0.1) is 0 Å². The number of carbonyl (C=O) groups excluding carboxylic acids is 1. The van der Waals surface area contributed by atoms with Crippen LogP contribution >= 0.6 is 43.2 Å². The van der Waals surface area contributed by atoms with Crippen LogP contribution in [0.5, 0.6) is 5.75 Å². The quantitative estimate of drug-likeness (QED) is 0.616. The fourth-order valence-electron chi connectivity index (χ4n) is 2.03. The number of carbonyl (C=O) groups is 1. The molecule has 0 spiro atoms. The van der Waals surface area contributed by atoms with Crippen molar-refractivity contribution >= 4 is 64.5 Å². The monoisotopic (exact) mass is 440 g/mol. The molecule has 2 aromatic carbocycles. The molecule has 0 atom stereocenters. The lowest BCUT2D eigenvalue weighted by Crippen LogP contribution is -2.13. The second kappa shape index (κ2) is 6.36. The molecule has 0 aliphatic heterocycles. The summed E-state index contributed by atoms with van der Waals surface area (Å²) < 4.78 is 7.83. The van der Waals surface area contributed by atoms with Gasteiger partial charge in [0.25, 0.3) is 5.91 Å². The van der Waals surface area contributed by atoms with E-state index in [1.807, 2.05) is 30.3 Å². The number of amides is 1. The van der Waals surface area contributed by atoms with Gasteiger partial charge in [0.1, 0.15) is 5.75 Å². The highest BCUT2D eigenvalue weighted by Gasteiger charge is 2.17. The Balaban J connectivity index is 1.94. The number of benzene rings is 2. The van der Waals surface area contributed by atoms with Gasteiger partial charge in [-0.1, -0.05) is 39.4 Å². The van der Waals surface area contributed by atoms with E-state index >= 15 is 0 Å². The van der Waals surface area contributed by atoms with Gasteiger partial charge in [-0.2, -0.15) is 0 Å². The number of ether oxygens (including phenoxy) is 1. The van der Waals surface area contributed by atoms with Crippen LogP contribution in [0.15, 0.2) is 45.3 Å². The molecule has 0 bridgehead atoms. The molecule has 0 aliphatic carbocycles. The SMILES string of the molecule is COc1c(Br)cc(Br)cc1C(=O)Nc1nc2ccccc2s1. The van der Waals surface area contributed by atoms with Crippen molar-refractivity contribution in [3.63, 3.8) is 0 Å². The minimum absolute atomic E-state index is 0.266. The molecule has 3 rings (SSSR count). The number of rotatable bonds is 3. The van der Waals surface area contributed by atoms with Crippen LogP contribution in [0.3, 0.4) is 0 Å². The zero-order valence-corrected chi connectivity index (χ0v) is 15.4. The molecule has 4 nitrogen and oxygen atoms in total. The van der Waals surface area contributed by atoms with Crippen molar-refractivity contribution in [1.82, 2.24) is 4.98 Å². The van der Waals surface area contributed by atoms with Gasteiger partial charge in [0.05, 0.1) is 27.4 Å². The summed E-state index contributed by atoms with van der Waals surface area (Å²) >= 11 is 8.21. The molecule has 0 radical (unpaired) electrons. The molecule has 1 aromatic heterocycles. The number of aromatic nitrogens is 1. The Morgan fingerprint density at radius 1 is 1.27 bits per heavy atom. The molecule has 1 heterocycles. The Labute approximate surface area is 147 Å². The number of nitrogens with one attached hydrogen (secondary N) is 1. The first kappa shape index (κ1) is 15.5. The zero-order valence-electron chi connectivity index (χ0n) is 11.4. The summed E-state index contributed by atoms with van der Waals surface area (Å²) in [5, 5.41) is 3.38. The maximum absolute atomic E-state index is 12.5. The number of thiazole rings is 1. The smallest absolute Gasteiger partial charge is 0.261 e. The molecule has 7 heteroatoms. The summed E-state index contributed by atoms with van der Waals surface area (Å²) in [5.74, 6) is 0.222. The fourth-order valence-corrected chi connectivity index (χ4v) is 4.27. The lowest BCUT2D eigenvalue weighted by atomic mass is 10.2. The zero-order chi connectivity index (χ0) is 15.7. The Hall–Kier alpha value is -1.44. The number of fused-ring (bicyclic) bond motifs is 1. The number of halogens is 2. The number of nitrogens with zero attached hydrogens (tertiary/aromatic N) is 1. The van der Waals surface area contributed by atoms with Gasteiger partial charge in [0.15, 0.2) is 5.13 Å². The Morgan fingerprint density at radius 2 is 2.05 bits per heavy atom. The highest BCUT2D eigenvalue weighted by molar-refractivity contribution is 9.11. The second-order valence-corrected chi connectivity index (χ2v) is 7.21. The first-order valence-electron chi connectivity index (χ1n) is 6.28. The standard InChI is InChI=1S/C15H10Br2N2O2S/c1-21-13-9(6-8(16)7-10(13)17)14(20)19-15-18-11-4-2-3-5-12(11)22-15/h2-7H,1H3,(H,18,19,20). The Kier molecular flexibility index (Phi) is 4.46. The molecule has 3 aromatic rings. The van der Waals surface area contributed by atoms with E-state index in [9.17, 15) is 4.79 Å². The van der Waals surface area contributed by atoms with Gasteiger partial charge in [-0.3, -0.25) is 10.1 Å². The van der Waals surface area contributed by atoms with Crippen molar-refractivity contribution < 1.29 is 9.53 Å². The van der Waals surface area contributed by atoms with E-state index in [-0.39, 0.29) is 5.91 Å². The van der Waals surface area contributed by atoms with Crippen molar-refractivity contribution in [3.05, 3.63) is 50.9 Å². The van der Waals surface area contributed by atoms with E-state index in [1.165, 1.54) is 18.4 Å². The molecule has 0 aliphatic rings. The average molecular weight is 442 g/mol. The van der Waals surface area contributed by atoms with Gasteiger partial charge in [0, 0.05) is 4.47 Å². The molecule has 0 saturated carbocycles. The molecule has 0 fully saturated rings. The molecule has 0 unspecified atom stereocenters. The molecule has 112 valence electrons. The minimum atomic E-state index is -0.266. The van der Waals surface area contributed by atoms with Crippen molar-refractivity contribution in [2.45, 2.75) is 0 Å². The second-order valence-electron chi connectivity index (χ2n) is 4.41. The van der Waals surface area contributed by atoms with Crippen LogP contribution in [-0.4, -0.2) is 18.0 Å². The summed E-state index contributed by atoms with van der Waals surface area (Å²) in [6.45, 7) is 0. The third-order valence-electron chi connectivity index (χ3n) is 2.97. The first-order chi connectivity index (χ1) is 10.6. The predicted molar refractivity (Wildman–Crippen MR) is 96.0 cm³/mol. The Bertz CT molecular complexity index is 831. The fraction of sp³-hybridized carbons (Fsp3) is 0.0667. The van der Waals surface area contributed by atoms with Crippen LogP contribution in [0.25, 0.3) is 10.2 Å². The van der Waals surface area contributed by atoms with E-state index in [4.69, 9.17) is 4.74 Å². The first-order valence-corrected chi connectivity index (χ1v) is 8.68. The largest absolute Gasteiger partial charge is 0.495 e. The van der Waals surface area contributed by atoms with E-state index in [0.29, 0.717) is 20.9 Å². The van der Waals surface area contributed by atoms with Crippen molar-refractivity contribution in [2.75, 3.05) is 12.4 Å². The number of anilines is 1. The van der Waals surface area contributed by atoms with E-state index < -0.39 is 0 Å². The van der Waals surface area contributed by atoms with Crippen LogP contribution in [0.4, 0.5) is 5.13 Å². The van der Waals surface area contributed by atoms with Crippen molar-refractivity contribution in [3.8, 4) is 5.75 Å². The third kappa shape index (κ3) is 3.02. The number of hydrogen-bond donors (Lipinski definition) is 1. The third-order valence-corrected chi connectivity index (χ3v) is 4.97. The summed E-state index contributed by atoms with van der Waals surface area (Å²) in [6, 6.07) is 11.3. The predicted octanol–water partition coefficient (Wildman–Crippen LogP) is 5.08. The number of methoxy groups -OCH3 is 1. The van der Waals surface area contributed by atoms with E-state index in [0.717, 1.165) is 14.7 Å². The molecular formula is C15H10Br2N2O2S. The summed E-state index contributed by atoms with van der Waals surface area (Å²) in [7, 11) is 1.53. The molecular weight excluding hydrogens is 432 g/mol. The average Bonchev–Trinajstić information content (AvgIpc) is 2.88. The van der Waals surface area contributed by atoms with Crippen LogP contribution in [0.2, 0.25) is 0 Å². The maximum atomic E-state index is 12.5. The number of hydrogen-bond acceptors (Lipinski definition) is 4. The molecule has 1 N–H and O–H groups in total. The van der Waals surface area contributed by atoms with E-state index in [1.54, 1.807) is 6.07 Å². The molecule has 1 amide bonds. The maximum Gasteiger partial charge on any atom is 0.261 e. The van der Waals surface area contributed by atoms with Crippen molar-refractivity contribution in [2.24, 2.45) is 0 Å². The number of para-hydroxylation sites is 1. The van der Waals surface area contributed by atoms with Gasteiger partial charge in [-0.25, -0.2) is 4.98 Å². The van der Waals surface area contributed by atoms with Gasteiger partial charge >= 0.3 is 0 Å². The van der Waals surface area contributed by atoms with Crippen molar-refractivity contribution in [1.29, 1.82) is 0 Å². The highest BCUT2D eigenvalue weighted by atomic mass is 79.9. The topological polar surface area (TPSA) is 51.2 Å². The highest BCUT2D eigenvalue weighted by Crippen LogP contribution is 2.33. The molecule has 22 heavy (non-hydrogen) atoms. The Morgan fingerprint density at radius 3 is 2.77 bits per heavy atom. The van der Waals surface area contributed by atoms with Crippen LogP contribution in [0.1, 0.15) is 10.4 Å². The van der Waals surface area contributed by atoms with Gasteiger partial charge in [-0.15, -0.1) is 0 Å². The van der Waals surface area contributed by atoms with Gasteiger partial charge in [0.2, 0.25) is 0 Å². The normalized spacial score (nSPS) is 10.7. The van der Waals surface area contributed by atoms with Crippen LogP contribution in [-0.2, 0) is 0 Å². The summed E-state index contributed by atoms with van der Waals surface area (Å²) in [4.78, 5) is 16.9. The van der Waals surface area contributed by atoms with E-state index in [2.05, 4.69) is 42.2 Å². The van der Waals surface area contributed by atoms with Gasteiger partial charge in [-0.05, 0) is 40.2 Å². The lowest BCUT2D eigenvalue weighted by Gasteiger charge is -2.10. The van der Waals surface area contributed by atoms with Gasteiger partial charge < -0.3 is 4.74 Å². The minimum Gasteiger partial charge on any atom is -0.495 e. The molecule has 0 saturated heterocycles. The lowest BCUT2D eigenvalue weighted by molar-refractivity contribution is 0.102.